The quantitative estimate of drug-likeness (QED) is 0.160. The van der Waals surface area contributed by atoms with Crippen LogP contribution in [0.4, 0.5) is 0 Å². The molecule has 1 aromatic heterocycles. The Kier molecular flexibility index (Phi) is 9.77. The van der Waals surface area contributed by atoms with E-state index < -0.39 is 17.1 Å². The molecule has 2 fully saturated rings. The van der Waals surface area contributed by atoms with Crippen LogP contribution in [0.5, 0.6) is 0 Å². The molecule has 4 aliphatic rings. The smallest absolute Gasteiger partial charge is 0.203 e. The van der Waals surface area contributed by atoms with Crippen molar-refractivity contribution in [3.63, 3.8) is 0 Å². The van der Waals surface area contributed by atoms with Crippen molar-refractivity contribution < 1.29 is 15.0 Å². The maximum absolute atomic E-state index is 14.5. The van der Waals surface area contributed by atoms with E-state index in [1.165, 1.54) is 11.1 Å². The first-order chi connectivity index (χ1) is 23.2. The highest BCUT2D eigenvalue weighted by Gasteiger charge is 2.57. The molecule has 4 nitrogen and oxygen atoms in total. The molecule has 48 heavy (non-hydrogen) atoms. The van der Waals surface area contributed by atoms with Gasteiger partial charge in [-0.2, -0.15) is 0 Å². The minimum Gasteiger partial charge on any atom is -0.393 e. The van der Waals surface area contributed by atoms with E-state index in [0.717, 1.165) is 96.1 Å². The van der Waals surface area contributed by atoms with Gasteiger partial charge in [0.15, 0.2) is 0 Å². The molecule has 0 spiro atoms. The standard InChI is InChI=1S/C43H51NO3S/c1-30-9-8-21-42(2)38(18-22-43(42,47)29-44-23-19-32(20-24-44)25-31-10-4-3-5-11-31)36-17-15-33(26-35(45)16-14-30)27-37(36)41(46)40-28-34-12-6-7-13-39(34)48-40/h3-7,9-13,15,17,27-28,32,35,38,45,47H,8,14,16,18-26,29H2,1-2H3/t35-,38-,42-,43+/m0/s1. The number of aliphatic hydroxyl groups excluding tert-OH is 1. The van der Waals surface area contributed by atoms with E-state index in [2.05, 4.69) is 85.5 Å². The molecule has 5 heteroatoms. The molecule has 0 radical (unpaired) electrons. The second-order valence-electron chi connectivity index (χ2n) is 15.3. The van der Waals surface area contributed by atoms with Gasteiger partial charge < -0.3 is 15.1 Å². The summed E-state index contributed by atoms with van der Waals surface area (Å²) in [5.41, 5.74) is 4.29. The van der Waals surface area contributed by atoms with Gasteiger partial charge in [-0.3, -0.25) is 4.79 Å². The number of carbonyl (C=O) groups excluding carboxylic acids is 1. The molecule has 1 saturated carbocycles. The van der Waals surface area contributed by atoms with Crippen LogP contribution in [-0.4, -0.2) is 52.2 Å². The maximum Gasteiger partial charge on any atom is 0.203 e. The molecule has 3 aliphatic carbocycles. The summed E-state index contributed by atoms with van der Waals surface area (Å²) in [4.78, 5) is 17.8. The number of β-amino-alcohol motifs (C(OH)–C–C–N with tert-alkyl or cyclic N) is 1. The molecular weight excluding hydrogens is 611 g/mol. The normalized spacial score (nSPS) is 27.5. The number of piperidine rings is 1. The summed E-state index contributed by atoms with van der Waals surface area (Å²) in [7, 11) is 0. The van der Waals surface area contributed by atoms with Crippen LogP contribution in [0.2, 0.25) is 0 Å². The van der Waals surface area contributed by atoms with Crippen molar-refractivity contribution in [1.82, 2.24) is 4.90 Å². The lowest BCUT2D eigenvalue weighted by molar-refractivity contribution is -0.0873. The lowest BCUT2D eigenvalue weighted by Gasteiger charge is -2.47. The lowest BCUT2D eigenvalue weighted by atomic mass is 9.64. The number of carbonyl (C=O) groups is 1. The molecular formula is C43H51NO3S. The van der Waals surface area contributed by atoms with Gasteiger partial charge in [-0.15, -0.1) is 11.3 Å². The van der Waals surface area contributed by atoms with Gasteiger partial charge in [-0.25, -0.2) is 0 Å². The Balaban J connectivity index is 1.20. The van der Waals surface area contributed by atoms with Crippen LogP contribution in [0.15, 0.2) is 90.5 Å². The molecule has 4 atom stereocenters. The molecule has 3 aromatic carbocycles. The number of allylic oxidation sites excluding steroid dienone is 2. The number of aliphatic hydroxyl groups is 2. The number of hydrogen-bond acceptors (Lipinski definition) is 5. The molecule has 1 saturated heterocycles. The molecule has 2 bridgehead atoms. The van der Waals surface area contributed by atoms with Crippen molar-refractivity contribution in [2.24, 2.45) is 11.3 Å². The third-order valence-corrected chi connectivity index (χ3v) is 13.2. The Morgan fingerprint density at radius 1 is 0.938 bits per heavy atom. The molecule has 0 unspecified atom stereocenters. The van der Waals surface area contributed by atoms with Gasteiger partial charge in [-0.05, 0) is 136 Å². The zero-order valence-electron chi connectivity index (χ0n) is 28.7. The summed E-state index contributed by atoms with van der Waals surface area (Å²) in [5, 5.41) is 24.9. The summed E-state index contributed by atoms with van der Waals surface area (Å²) in [5.74, 6) is 0.804. The summed E-state index contributed by atoms with van der Waals surface area (Å²) in [6.45, 7) is 7.21. The Labute approximate surface area is 290 Å². The highest BCUT2D eigenvalue weighted by Crippen LogP contribution is 2.59. The van der Waals surface area contributed by atoms with Crippen molar-refractivity contribution >= 4 is 27.2 Å². The lowest BCUT2D eigenvalue weighted by Crippen LogP contribution is -2.53. The van der Waals surface area contributed by atoms with E-state index in [0.29, 0.717) is 25.3 Å². The summed E-state index contributed by atoms with van der Waals surface area (Å²) in [6, 6.07) is 27.4. The van der Waals surface area contributed by atoms with Crippen molar-refractivity contribution in [1.29, 1.82) is 0 Å². The zero-order chi connectivity index (χ0) is 33.3. The Morgan fingerprint density at radius 3 is 2.50 bits per heavy atom. The minimum absolute atomic E-state index is 0.0575. The van der Waals surface area contributed by atoms with Gasteiger partial charge in [-0.1, -0.05) is 79.2 Å². The average Bonchev–Trinajstić information content (AvgIpc) is 3.63. The van der Waals surface area contributed by atoms with Crippen molar-refractivity contribution in [3.8, 4) is 0 Å². The fourth-order valence-corrected chi connectivity index (χ4v) is 10.1. The van der Waals surface area contributed by atoms with Crippen LogP contribution in [-0.2, 0) is 12.8 Å². The summed E-state index contributed by atoms with van der Waals surface area (Å²) < 4.78 is 1.12. The summed E-state index contributed by atoms with van der Waals surface area (Å²) in [6.07, 6.45) is 10.8. The first kappa shape index (κ1) is 33.4. The van der Waals surface area contributed by atoms with Crippen molar-refractivity contribution in [3.05, 3.63) is 118 Å². The van der Waals surface area contributed by atoms with Gasteiger partial charge >= 0.3 is 0 Å². The van der Waals surface area contributed by atoms with E-state index in [-0.39, 0.29) is 11.7 Å². The van der Waals surface area contributed by atoms with Gasteiger partial charge in [0.2, 0.25) is 5.78 Å². The van der Waals surface area contributed by atoms with Gasteiger partial charge in [0.1, 0.15) is 0 Å². The largest absolute Gasteiger partial charge is 0.393 e. The fraction of sp³-hybridized carbons (Fsp3) is 0.465. The van der Waals surface area contributed by atoms with Gasteiger partial charge in [0.05, 0.1) is 16.6 Å². The van der Waals surface area contributed by atoms with Crippen molar-refractivity contribution in [2.45, 2.75) is 95.7 Å². The maximum atomic E-state index is 14.5. The van der Waals surface area contributed by atoms with E-state index in [4.69, 9.17) is 0 Å². The average molecular weight is 662 g/mol. The van der Waals surface area contributed by atoms with Crippen LogP contribution < -0.4 is 0 Å². The Morgan fingerprint density at radius 2 is 1.71 bits per heavy atom. The predicted molar refractivity (Wildman–Crippen MR) is 198 cm³/mol. The van der Waals surface area contributed by atoms with Gasteiger partial charge in [0, 0.05) is 22.2 Å². The first-order valence-electron chi connectivity index (χ1n) is 18.2. The number of benzene rings is 3. The third-order valence-electron chi connectivity index (χ3n) is 12.1. The number of likely N-dealkylation sites (tertiary alicyclic amines) is 1. The zero-order valence-corrected chi connectivity index (χ0v) is 29.5. The van der Waals surface area contributed by atoms with Crippen LogP contribution >= 0.6 is 11.3 Å². The topological polar surface area (TPSA) is 60.8 Å². The predicted octanol–water partition coefficient (Wildman–Crippen LogP) is 9.13. The summed E-state index contributed by atoms with van der Waals surface area (Å²) >= 11 is 1.56. The Bertz CT molecular complexity index is 1740. The molecule has 1 aliphatic heterocycles. The van der Waals surface area contributed by atoms with Crippen LogP contribution in [0.3, 0.4) is 0 Å². The fourth-order valence-electron chi connectivity index (χ4n) is 9.09. The van der Waals surface area contributed by atoms with Crippen LogP contribution in [0.1, 0.15) is 103 Å². The number of hydrogen-bond donors (Lipinski definition) is 2. The molecule has 0 amide bonds. The number of rotatable bonds is 6. The minimum atomic E-state index is -0.852. The first-order valence-corrected chi connectivity index (χ1v) is 19.0. The highest BCUT2D eigenvalue weighted by molar-refractivity contribution is 7.21. The van der Waals surface area contributed by atoms with E-state index in [1.54, 1.807) is 11.3 Å². The van der Waals surface area contributed by atoms with E-state index >= 15 is 0 Å². The second-order valence-corrected chi connectivity index (χ2v) is 16.4. The highest BCUT2D eigenvalue weighted by atomic mass is 32.1. The second kappa shape index (κ2) is 14.0. The number of nitrogens with zero attached hydrogens (tertiary/aromatic N) is 1. The molecule has 2 heterocycles. The van der Waals surface area contributed by atoms with Crippen LogP contribution in [0, 0.1) is 11.3 Å². The van der Waals surface area contributed by atoms with Crippen LogP contribution in [0.25, 0.3) is 10.1 Å². The molecule has 4 aromatic rings. The molecule has 2 N–H and O–H groups in total. The number of fused-ring (bicyclic) bond motifs is 9. The van der Waals surface area contributed by atoms with Crippen molar-refractivity contribution in [2.75, 3.05) is 19.6 Å². The number of ketones is 1. The molecule has 252 valence electrons. The number of thiophene rings is 1. The van der Waals surface area contributed by atoms with Gasteiger partial charge in [0.25, 0.3) is 0 Å². The molecule has 8 rings (SSSR count). The Hall–Kier alpha value is -3.09. The monoisotopic (exact) mass is 661 g/mol. The SMILES string of the molecule is CC1=CCC[C@@]2(C)[C@@H](CC[C@@]2(O)CN2CCC(Cc3ccccc3)CC2)c2ccc(cc2C(=O)c2cc3ccccc3s2)C[C@@H](O)CC1. The van der Waals surface area contributed by atoms with E-state index in [1.807, 2.05) is 18.2 Å². The third kappa shape index (κ3) is 6.85. The van der Waals surface area contributed by atoms with E-state index in [9.17, 15) is 15.0 Å².